The third kappa shape index (κ3) is 3.03. The highest BCUT2D eigenvalue weighted by atomic mass is 16.6. The lowest BCUT2D eigenvalue weighted by molar-refractivity contribution is -0.384. The minimum atomic E-state index is -0.465. The van der Waals surface area contributed by atoms with E-state index in [-0.39, 0.29) is 23.4 Å². The van der Waals surface area contributed by atoms with Crippen LogP contribution in [0.3, 0.4) is 0 Å². The first-order valence-corrected chi connectivity index (χ1v) is 6.13. The summed E-state index contributed by atoms with van der Waals surface area (Å²) >= 11 is 0. The van der Waals surface area contributed by atoms with Crippen LogP contribution in [0.2, 0.25) is 0 Å². The van der Waals surface area contributed by atoms with Crippen molar-refractivity contribution < 1.29 is 14.1 Å². The van der Waals surface area contributed by atoms with Crippen LogP contribution in [-0.4, -0.2) is 16.9 Å². The summed E-state index contributed by atoms with van der Waals surface area (Å²) < 4.78 is 5.45. The maximum Gasteiger partial charge on any atom is 0.287 e. The standard InChI is InChI=1S/C14H14N2O4/c1-9(2)15-14(17)13-8-7-12(20-13)10-3-5-11(6-4-10)16(18)19/h3-9H,1-2H3,(H,15,17). The van der Waals surface area contributed by atoms with Crippen molar-refractivity contribution in [1.82, 2.24) is 5.32 Å². The summed E-state index contributed by atoms with van der Waals surface area (Å²) in [4.78, 5) is 21.9. The van der Waals surface area contributed by atoms with E-state index in [9.17, 15) is 14.9 Å². The summed E-state index contributed by atoms with van der Waals surface area (Å²) in [6.07, 6.45) is 0. The summed E-state index contributed by atoms with van der Waals surface area (Å²) in [5.74, 6) is 0.425. The molecular weight excluding hydrogens is 260 g/mol. The van der Waals surface area contributed by atoms with E-state index in [1.165, 1.54) is 12.1 Å². The summed E-state index contributed by atoms with van der Waals surface area (Å²) in [6.45, 7) is 3.72. The van der Waals surface area contributed by atoms with Crippen molar-refractivity contribution >= 4 is 11.6 Å². The molecule has 0 unspecified atom stereocenters. The Morgan fingerprint density at radius 2 is 1.85 bits per heavy atom. The van der Waals surface area contributed by atoms with Gasteiger partial charge in [-0.3, -0.25) is 14.9 Å². The van der Waals surface area contributed by atoms with Crippen LogP contribution in [0.4, 0.5) is 5.69 Å². The van der Waals surface area contributed by atoms with E-state index in [0.29, 0.717) is 11.3 Å². The van der Waals surface area contributed by atoms with Gasteiger partial charge in [0.15, 0.2) is 5.76 Å². The maximum atomic E-state index is 11.7. The molecule has 0 radical (unpaired) electrons. The summed E-state index contributed by atoms with van der Waals surface area (Å²) in [7, 11) is 0. The number of hydrogen-bond donors (Lipinski definition) is 1. The molecule has 0 aliphatic heterocycles. The van der Waals surface area contributed by atoms with Crippen molar-refractivity contribution in [3.63, 3.8) is 0 Å². The van der Waals surface area contributed by atoms with Crippen molar-refractivity contribution in [2.45, 2.75) is 19.9 Å². The normalized spacial score (nSPS) is 10.6. The quantitative estimate of drug-likeness (QED) is 0.686. The molecule has 0 aliphatic carbocycles. The number of nitrogens with zero attached hydrogens (tertiary/aromatic N) is 1. The second kappa shape index (κ2) is 5.56. The summed E-state index contributed by atoms with van der Waals surface area (Å²) in [5.41, 5.74) is 0.692. The predicted molar refractivity (Wildman–Crippen MR) is 73.4 cm³/mol. The molecule has 1 amide bonds. The van der Waals surface area contributed by atoms with Gasteiger partial charge >= 0.3 is 0 Å². The molecule has 104 valence electrons. The molecule has 20 heavy (non-hydrogen) atoms. The largest absolute Gasteiger partial charge is 0.451 e. The topological polar surface area (TPSA) is 85.4 Å². The summed E-state index contributed by atoms with van der Waals surface area (Å²) in [6, 6.07) is 9.22. The van der Waals surface area contributed by atoms with E-state index in [0.717, 1.165) is 0 Å². The first-order valence-electron chi connectivity index (χ1n) is 6.13. The number of nitro groups is 1. The van der Waals surface area contributed by atoms with Crippen LogP contribution in [0.1, 0.15) is 24.4 Å². The van der Waals surface area contributed by atoms with Gasteiger partial charge in [0, 0.05) is 23.7 Å². The number of amides is 1. The molecule has 1 heterocycles. The molecule has 2 aromatic rings. The lowest BCUT2D eigenvalue weighted by Crippen LogP contribution is -2.29. The second-order valence-electron chi connectivity index (χ2n) is 4.60. The number of nitrogens with one attached hydrogen (secondary N) is 1. The van der Waals surface area contributed by atoms with Gasteiger partial charge in [0.2, 0.25) is 0 Å². The Kier molecular flexibility index (Phi) is 3.84. The van der Waals surface area contributed by atoms with Crippen LogP contribution in [0, 0.1) is 10.1 Å². The Morgan fingerprint density at radius 3 is 2.40 bits per heavy atom. The van der Waals surface area contributed by atoms with Crippen LogP contribution in [0.25, 0.3) is 11.3 Å². The van der Waals surface area contributed by atoms with Crippen molar-refractivity contribution in [2.24, 2.45) is 0 Å². The predicted octanol–water partition coefficient (Wildman–Crippen LogP) is 2.99. The zero-order valence-corrected chi connectivity index (χ0v) is 11.1. The Bertz CT molecular complexity index is 629. The molecule has 2 rings (SSSR count). The molecular formula is C14H14N2O4. The van der Waals surface area contributed by atoms with E-state index in [1.54, 1.807) is 24.3 Å². The molecule has 1 N–H and O–H groups in total. The fraction of sp³-hybridized carbons (Fsp3) is 0.214. The lowest BCUT2D eigenvalue weighted by atomic mass is 10.1. The molecule has 0 bridgehead atoms. The van der Waals surface area contributed by atoms with E-state index < -0.39 is 4.92 Å². The number of benzene rings is 1. The minimum Gasteiger partial charge on any atom is -0.451 e. The average molecular weight is 274 g/mol. The molecule has 0 aliphatic rings. The van der Waals surface area contributed by atoms with Crippen molar-refractivity contribution in [3.05, 3.63) is 52.3 Å². The summed E-state index contributed by atoms with van der Waals surface area (Å²) in [5, 5.41) is 13.3. The highest BCUT2D eigenvalue weighted by molar-refractivity contribution is 5.92. The van der Waals surface area contributed by atoms with Gasteiger partial charge in [0.25, 0.3) is 11.6 Å². The Labute approximate surface area is 115 Å². The van der Waals surface area contributed by atoms with Crippen LogP contribution in [0.15, 0.2) is 40.8 Å². The fourth-order valence-corrected chi connectivity index (χ4v) is 1.70. The molecule has 0 saturated heterocycles. The molecule has 1 aromatic heterocycles. The number of carbonyl (C=O) groups excluding carboxylic acids is 1. The number of rotatable bonds is 4. The van der Waals surface area contributed by atoms with E-state index in [4.69, 9.17) is 4.42 Å². The zero-order chi connectivity index (χ0) is 14.7. The number of carbonyl (C=O) groups is 1. The van der Waals surface area contributed by atoms with Gasteiger partial charge in [-0.2, -0.15) is 0 Å². The van der Waals surface area contributed by atoms with E-state index in [2.05, 4.69) is 5.32 Å². The molecule has 6 nitrogen and oxygen atoms in total. The van der Waals surface area contributed by atoms with E-state index in [1.807, 2.05) is 13.8 Å². The monoisotopic (exact) mass is 274 g/mol. The van der Waals surface area contributed by atoms with Crippen LogP contribution < -0.4 is 5.32 Å². The van der Waals surface area contributed by atoms with E-state index >= 15 is 0 Å². The van der Waals surface area contributed by atoms with Gasteiger partial charge in [0.05, 0.1) is 4.92 Å². The van der Waals surface area contributed by atoms with Gasteiger partial charge in [-0.15, -0.1) is 0 Å². The van der Waals surface area contributed by atoms with Crippen LogP contribution in [-0.2, 0) is 0 Å². The Morgan fingerprint density at radius 1 is 1.20 bits per heavy atom. The number of non-ortho nitro benzene ring substituents is 1. The van der Waals surface area contributed by atoms with Gasteiger partial charge in [-0.1, -0.05) is 0 Å². The maximum absolute atomic E-state index is 11.7. The van der Waals surface area contributed by atoms with Gasteiger partial charge < -0.3 is 9.73 Å². The molecule has 0 fully saturated rings. The smallest absolute Gasteiger partial charge is 0.287 e. The first-order chi connectivity index (χ1) is 9.47. The number of hydrogen-bond acceptors (Lipinski definition) is 4. The Hall–Kier alpha value is -2.63. The zero-order valence-electron chi connectivity index (χ0n) is 11.1. The third-order valence-electron chi connectivity index (χ3n) is 2.61. The van der Waals surface area contributed by atoms with Crippen molar-refractivity contribution in [2.75, 3.05) is 0 Å². The molecule has 0 spiro atoms. The number of furan rings is 1. The van der Waals surface area contributed by atoms with Crippen molar-refractivity contribution in [3.8, 4) is 11.3 Å². The van der Waals surface area contributed by atoms with Crippen LogP contribution >= 0.6 is 0 Å². The second-order valence-corrected chi connectivity index (χ2v) is 4.60. The SMILES string of the molecule is CC(C)NC(=O)c1ccc(-c2ccc([N+](=O)[O-])cc2)o1. The number of nitro benzene ring substituents is 1. The Balaban J connectivity index is 2.20. The van der Waals surface area contributed by atoms with Gasteiger partial charge in [-0.25, -0.2) is 0 Å². The lowest BCUT2D eigenvalue weighted by Gasteiger charge is -2.05. The highest BCUT2D eigenvalue weighted by Gasteiger charge is 2.13. The molecule has 6 heteroatoms. The van der Waals surface area contributed by atoms with Crippen molar-refractivity contribution in [1.29, 1.82) is 0 Å². The molecule has 0 atom stereocenters. The third-order valence-corrected chi connectivity index (χ3v) is 2.61. The van der Waals surface area contributed by atoms with Gasteiger partial charge in [-0.05, 0) is 38.1 Å². The van der Waals surface area contributed by atoms with Crippen LogP contribution in [0.5, 0.6) is 0 Å². The molecule has 1 aromatic carbocycles. The average Bonchev–Trinajstić information content (AvgIpc) is 2.87. The fourth-order valence-electron chi connectivity index (χ4n) is 1.70. The highest BCUT2D eigenvalue weighted by Crippen LogP contribution is 2.24. The minimum absolute atomic E-state index is 0.0121. The first kappa shape index (κ1) is 13.8. The van der Waals surface area contributed by atoms with Gasteiger partial charge in [0.1, 0.15) is 5.76 Å². The molecule has 0 saturated carbocycles.